The number of aromatic nitrogens is 1. The quantitative estimate of drug-likeness (QED) is 0.693. The van der Waals surface area contributed by atoms with E-state index in [2.05, 4.69) is 30.2 Å². The summed E-state index contributed by atoms with van der Waals surface area (Å²) in [5.41, 5.74) is 4.35. The van der Waals surface area contributed by atoms with Crippen molar-refractivity contribution in [2.75, 3.05) is 20.3 Å². The van der Waals surface area contributed by atoms with Gasteiger partial charge in [-0.3, -0.25) is 0 Å². The van der Waals surface area contributed by atoms with Gasteiger partial charge in [0.25, 0.3) is 0 Å². The van der Waals surface area contributed by atoms with Gasteiger partial charge in [-0.25, -0.2) is 4.39 Å². The summed E-state index contributed by atoms with van der Waals surface area (Å²) >= 11 is 0. The number of H-pyrrole nitrogens is 1. The number of rotatable bonds is 5. The van der Waals surface area contributed by atoms with Crippen LogP contribution >= 0.6 is 0 Å². The number of aromatic amines is 1. The lowest BCUT2D eigenvalue weighted by Crippen LogP contribution is -2.30. The molecule has 142 valence electrons. The fourth-order valence-electron chi connectivity index (χ4n) is 3.72. The van der Waals surface area contributed by atoms with Gasteiger partial charge in [-0.05, 0) is 53.8 Å². The first-order valence-electron chi connectivity index (χ1n) is 9.41. The first-order valence-corrected chi connectivity index (χ1v) is 9.41. The van der Waals surface area contributed by atoms with E-state index in [1.165, 1.54) is 11.6 Å². The van der Waals surface area contributed by atoms with Crippen molar-refractivity contribution in [3.05, 3.63) is 59.0 Å². The lowest BCUT2D eigenvalue weighted by molar-refractivity contribution is 0.256. The second-order valence-corrected chi connectivity index (χ2v) is 7.46. The van der Waals surface area contributed by atoms with Crippen molar-refractivity contribution in [2.45, 2.75) is 26.3 Å². The van der Waals surface area contributed by atoms with Crippen LogP contribution in [0.1, 0.15) is 36.7 Å². The number of halogens is 1. The molecule has 1 unspecified atom stereocenters. The van der Waals surface area contributed by atoms with E-state index in [0.717, 1.165) is 46.6 Å². The predicted octanol–water partition coefficient (Wildman–Crippen LogP) is 4.59. The summed E-state index contributed by atoms with van der Waals surface area (Å²) in [6.07, 6.45) is 0.877. The molecule has 5 heteroatoms. The lowest BCUT2D eigenvalue weighted by Gasteiger charge is -2.25. The molecule has 1 aromatic heterocycles. The molecule has 1 atom stereocenters. The van der Waals surface area contributed by atoms with E-state index in [9.17, 15) is 4.39 Å². The standard InChI is InChI=1S/C22H25FN2O2/c1-13(2)12-27-19-7-4-14(10-20(19)26-3)21-22-16(8-9-24-21)17-11-15(23)5-6-18(17)25-22/h4-7,10-11,13,21,24-25H,8-9,12H2,1-3H3. The van der Waals surface area contributed by atoms with Crippen molar-refractivity contribution in [2.24, 2.45) is 5.92 Å². The van der Waals surface area contributed by atoms with Gasteiger partial charge in [0.15, 0.2) is 11.5 Å². The van der Waals surface area contributed by atoms with Crippen molar-refractivity contribution in [1.82, 2.24) is 10.3 Å². The third-order valence-electron chi connectivity index (χ3n) is 5.01. The van der Waals surface area contributed by atoms with E-state index in [1.54, 1.807) is 13.2 Å². The number of benzene rings is 2. The van der Waals surface area contributed by atoms with Gasteiger partial charge in [0.2, 0.25) is 0 Å². The van der Waals surface area contributed by atoms with Gasteiger partial charge >= 0.3 is 0 Å². The third-order valence-corrected chi connectivity index (χ3v) is 5.01. The topological polar surface area (TPSA) is 46.3 Å². The number of nitrogens with one attached hydrogen (secondary N) is 2. The lowest BCUT2D eigenvalue weighted by atomic mass is 9.94. The maximum Gasteiger partial charge on any atom is 0.161 e. The summed E-state index contributed by atoms with van der Waals surface area (Å²) in [5, 5.41) is 4.54. The van der Waals surface area contributed by atoms with Crippen LogP contribution in [0, 0.1) is 11.7 Å². The first-order chi connectivity index (χ1) is 13.1. The number of hydrogen-bond donors (Lipinski definition) is 2. The van der Waals surface area contributed by atoms with Crippen LogP contribution < -0.4 is 14.8 Å². The van der Waals surface area contributed by atoms with Crippen LogP contribution in [0.5, 0.6) is 11.5 Å². The Morgan fingerprint density at radius 1 is 1.15 bits per heavy atom. The van der Waals surface area contributed by atoms with Gasteiger partial charge < -0.3 is 19.8 Å². The van der Waals surface area contributed by atoms with Crippen molar-refractivity contribution in [3.8, 4) is 11.5 Å². The van der Waals surface area contributed by atoms with Gasteiger partial charge in [-0.1, -0.05) is 19.9 Å². The Morgan fingerprint density at radius 2 is 2.00 bits per heavy atom. The Balaban J connectivity index is 1.71. The van der Waals surface area contributed by atoms with E-state index in [1.807, 2.05) is 18.2 Å². The minimum absolute atomic E-state index is 0.0114. The summed E-state index contributed by atoms with van der Waals surface area (Å²) in [5.74, 6) is 1.73. The van der Waals surface area contributed by atoms with Crippen LogP contribution in [0.15, 0.2) is 36.4 Å². The van der Waals surface area contributed by atoms with Crippen molar-refractivity contribution >= 4 is 10.9 Å². The zero-order valence-corrected chi connectivity index (χ0v) is 15.9. The molecule has 0 spiro atoms. The van der Waals surface area contributed by atoms with E-state index < -0.39 is 0 Å². The van der Waals surface area contributed by atoms with Crippen LogP contribution in [0.25, 0.3) is 10.9 Å². The Labute approximate surface area is 158 Å². The van der Waals surface area contributed by atoms with Gasteiger partial charge in [-0.15, -0.1) is 0 Å². The highest BCUT2D eigenvalue weighted by Crippen LogP contribution is 2.37. The molecule has 1 aliphatic heterocycles. The average molecular weight is 368 g/mol. The van der Waals surface area contributed by atoms with E-state index in [-0.39, 0.29) is 11.9 Å². The van der Waals surface area contributed by atoms with Crippen LogP contribution in [0.3, 0.4) is 0 Å². The van der Waals surface area contributed by atoms with Gasteiger partial charge in [0, 0.05) is 23.1 Å². The summed E-state index contributed by atoms with van der Waals surface area (Å²) in [7, 11) is 1.66. The molecule has 0 saturated carbocycles. The molecule has 0 amide bonds. The predicted molar refractivity (Wildman–Crippen MR) is 105 cm³/mol. The molecule has 2 heterocycles. The number of methoxy groups -OCH3 is 1. The second-order valence-electron chi connectivity index (χ2n) is 7.46. The molecular formula is C22H25FN2O2. The third kappa shape index (κ3) is 3.39. The largest absolute Gasteiger partial charge is 0.493 e. The summed E-state index contributed by atoms with van der Waals surface area (Å²) in [6, 6.07) is 11.0. The minimum atomic E-state index is -0.201. The van der Waals surface area contributed by atoms with Crippen LogP contribution in [0.2, 0.25) is 0 Å². The highest BCUT2D eigenvalue weighted by molar-refractivity contribution is 5.85. The average Bonchev–Trinajstić information content (AvgIpc) is 3.04. The molecule has 27 heavy (non-hydrogen) atoms. The fourth-order valence-corrected chi connectivity index (χ4v) is 3.72. The summed E-state index contributed by atoms with van der Waals surface area (Å²) in [6.45, 7) is 5.73. The summed E-state index contributed by atoms with van der Waals surface area (Å²) in [4.78, 5) is 3.48. The molecule has 3 aromatic rings. The van der Waals surface area contributed by atoms with E-state index in [4.69, 9.17) is 9.47 Å². The minimum Gasteiger partial charge on any atom is -0.493 e. The molecular weight excluding hydrogens is 343 g/mol. The van der Waals surface area contributed by atoms with E-state index >= 15 is 0 Å². The highest BCUT2D eigenvalue weighted by Gasteiger charge is 2.26. The van der Waals surface area contributed by atoms with Crippen molar-refractivity contribution < 1.29 is 13.9 Å². The van der Waals surface area contributed by atoms with Crippen molar-refractivity contribution in [1.29, 1.82) is 0 Å². The van der Waals surface area contributed by atoms with Crippen LogP contribution in [-0.2, 0) is 6.42 Å². The fraction of sp³-hybridized carbons (Fsp3) is 0.364. The van der Waals surface area contributed by atoms with Gasteiger partial charge in [-0.2, -0.15) is 0 Å². The molecule has 2 aromatic carbocycles. The number of hydrogen-bond acceptors (Lipinski definition) is 3. The zero-order chi connectivity index (χ0) is 19.0. The van der Waals surface area contributed by atoms with Crippen LogP contribution in [0.4, 0.5) is 4.39 Å². The molecule has 4 nitrogen and oxygen atoms in total. The SMILES string of the molecule is COc1cc(C2NCCc3c2[nH]c2ccc(F)cc32)ccc1OCC(C)C. The number of fused-ring (bicyclic) bond motifs is 3. The smallest absolute Gasteiger partial charge is 0.161 e. The number of ether oxygens (including phenoxy) is 2. The van der Waals surface area contributed by atoms with Gasteiger partial charge in [0.1, 0.15) is 5.82 Å². The van der Waals surface area contributed by atoms with Crippen LogP contribution in [-0.4, -0.2) is 25.2 Å². The molecule has 0 bridgehead atoms. The van der Waals surface area contributed by atoms with Gasteiger partial charge in [0.05, 0.1) is 19.8 Å². The molecule has 4 rings (SSSR count). The normalized spacial score (nSPS) is 16.6. The molecule has 1 aliphatic rings. The highest BCUT2D eigenvalue weighted by atomic mass is 19.1. The van der Waals surface area contributed by atoms with E-state index in [0.29, 0.717) is 12.5 Å². The Hall–Kier alpha value is -2.53. The molecule has 2 N–H and O–H groups in total. The maximum absolute atomic E-state index is 13.7. The molecule has 0 radical (unpaired) electrons. The molecule has 0 saturated heterocycles. The molecule has 0 fully saturated rings. The second kappa shape index (κ2) is 7.24. The molecule has 0 aliphatic carbocycles. The first kappa shape index (κ1) is 17.9. The maximum atomic E-state index is 13.7. The van der Waals surface area contributed by atoms with Crippen molar-refractivity contribution in [3.63, 3.8) is 0 Å². The Morgan fingerprint density at radius 3 is 2.78 bits per heavy atom. The Bertz CT molecular complexity index is 964. The summed E-state index contributed by atoms with van der Waals surface area (Å²) < 4.78 is 25.1. The monoisotopic (exact) mass is 368 g/mol. The zero-order valence-electron chi connectivity index (χ0n) is 15.9. The Kier molecular flexibility index (Phi) is 4.79.